The van der Waals surface area contributed by atoms with Crippen molar-refractivity contribution in [3.05, 3.63) is 68.7 Å². The minimum atomic E-state index is -0.627. The van der Waals surface area contributed by atoms with Gasteiger partial charge in [0.2, 0.25) is 0 Å². The van der Waals surface area contributed by atoms with E-state index in [2.05, 4.69) is 9.47 Å². The number of benzene rings is 2. The molecule has 0 spiro atoms. The zero-order valence-corrected chi connectivity index (χ0v) is 13.2. The van der Waals surface area contributed by atoms with Gasteiger partial charge < -0.3 is 9.47 Å². The maximum absolute atomic E-state index is 10.9. The number of carbonyl (C=O) groups excluding carboxylic acids is 4. The lowest BCUT2D eigenvalue weighted by Crippen LogP contribution is -1.96. The lowest BCUT2D eigenvalue weighted by Gasteiger charge is -1.90. The molecule has 0 radical (unpaired) electrons. The third kappa shape index (κ3) is 2.89. The van der Waals surface area contributed by atoms with Crippen molar-refractivity contribution in [3.63, 3.8) is 0 Å². The van der Waals surface area contributed by atoms with E-state index in [0.717, 1.165) is 0 Å². The number of fused-ring (bicyclic) bond motifs is 2. The molecule has 2 aromatic carbocycles. The van der Waals surface area contributed by atoms with Crippen molar-refractivity contribution in [3.8, 4) is 0 Å². The topological polar surface area (TPSA) is 86.7 Å². The van der Waals surface area contributed by atoms with Crippen molar-refractivity contribution in [2.75, 3.05) is 0 Å². The molecule has 2 aliphatic heterocycles. The van der Waals surface area contributed by atoms with Crippen molar-refractivity contribution >= 4 is 47.1 Å². The molecule has 6 nitrogen and oxygen atoms in total. The van der Waals surface area contributed by atoms with E-state index in [-0.39, 0.29) is 22.3 Å². The number of halogens is 2. The van der Waals surface area contributed by atoms with Gasteiger partial charge in [-0.15, -0.1) is 0 Å². The van der Waals surface area contributed by atoms with Crippen LogP contribution in [0, 0.1) is 0 Å². The van der Waals surface area contributed by atoms with Crippen LogP contribution in [-0.4, -0.2) is 23.9 Å². The van der Waals surface area contributed by atoms with E-state index in [1.807, 2.05) is 0 Å². The van der Waals surface area contributed by atoms with Crippen LogP contribution in [0.5, 0.6) is 0 Å². The number of esters is 4. The molecule has 0 saturated carbocycles. The molecule has 0 fully saturated rings. The fourth-order valence-electron chi connectivity index (χ4n) is 2.12. The number of carbonyl (C=O) groups is 4. The van der Waals surface area contributed by atoms with Crippen LogP contribution in [0.1, 0.15) is 41.4 Å². The van der Waals surface area contributed by atoms with Crippen LogP contribution in [0.3, 0.4) is 0 Å². The van der Waals surface area contributed by atoms with Crippen molar-refractivity contribution in [2.24, 2.45) is 0 Å². The molecule has 120 valence electrons. The molecule has 0 aliphatic carbocycles. The van der Waals surface area contributed by atoms with Gasteiger partial charge in [0.1, 0.15) is 0 Å². The first kappa shape index (κ1) is 16.2. The van der Waals surface area contributed by atoms with Crippen LogP contribution in [0.25, 0.3) is 0 Å². The van der Waals surface area contributed by atoms with Crippen LogP contribution in [-0.2, 0) is 9.47 Å². The smallest absolute Gasteiger partial charge is 0.346 e. The first-order valence-electron chi connectivity index (χ1n) is 6.49. The maximum atomic E-state index is 10.9. The van der Waals surface area contributed by atoms with Crippen LogP contribution >= 0.6 is 23.2 Å². The molecule has 0 aromatic heterocycles. The van der Waals surface area contributed by atoms with Gasteiger partial charge in [-0.3, -0.25) is 0 Å². The van der Waals surface area contributed by atoms with E-state index in [1.54, 1.807) is 12.1 Å². The number of ether oxygens (including phenoxy) is 2. The van der Waals surface area contributed by atoms with E-state index in [1.165, 1.54) is 24.3 Å². The molecule has 2 heterocycles. The highest BCUT2D eigenvalue weighted by Crippen LogP contribution is 2.23. The summed E-state index contributed by atoms with van der Waals surface area (Å²) in [4.78, 5) is 43.7. The van der Waals surface area contributed by atoms with E-state index in [9.17, 15) is 19.2 Å². The fourth-order valence-corrected chi connectivity index (χ4v) is 2.46. The third-order valence-corrected chi connectivity index (χ3v) is 3.68. The van der Waals surface area contributed by atoms with Gasteiger partial charge >= 0.3 is 23.9 Å². The summed E-state index contributed by atoms with van der Waals surface area (Å²) in [5.74, 6) is -2.46. The number of hydrogen-bond donors (Lipinski definition) is 0. The molecule has 4 rings (SSSR count). The monoisotopic (exact) mass is 364 g/mol. The predicted molar refractivity (Wildman–Crippen MR) is 82.4 cm³/mol. The Hall–Kier alpha value is -2.70. The quantitative estimate of drug-likeness (QED) is 0.526. The maximum Gasteiger partial charge on any atom is 0.346 e. The van der Waals surface area contributed by atoms with E-state index in [0.29, 0.717) is 10.0 Å². The first-order valence-corrected chi connectivity index (χ1v) is 7.24. The molecule has 24 heavy (non-hydrogen) atoms. The second kappa shape index (κ2) is 6.07. The average molecular weight is 365 g/mol. The Balaban J connectivity index is 0.000000141. The van der Waals surface area contributed by atoms with Crippen molar-refractivity contribution in [1.29, 1.82) is 0 Å². The molecule has 8 heteroatoms. The van der Waals surface area contributed by atoms with Gasteiger partial charge in [0.25, 0.3) is 0 Å². The summed E-state index contributed by atoms with van der Waals surface area (Å²) in [6.45, 7) is 0. The molecule has 0 N–H and O–H groups in total. The van der Waals surface area contributed by atoms with Gasteiger partial charge in [0, 0.05) is 10.0 Å². The Morgan fingerprint density at radius 2 is 0.875 bits per heavy atom. The van der Waals surface area contributed by atoms with Crippen LogP contribution in [0.15, 0.2) is 36.4 Å². The molecule has 0 saturated heterocycles. The summed E-state index contributed by atoms with van der Waals surface area (Å²) in [5.41, 5.74) is 1.05. The highest BCUT2D eigenvalue weighted by Gasteiger charge is 2.30. The van der Waals surface area contributed by atoms with Crippen molar-refractivity contribution < 1.29 is 28.7 Å². The zero-order chi connectivity index (χ0) is 17.4. The minimum absolute atomic E-state index is 0.243. The molecule has 2 aromatic rings. The molecule has 2 aliphatic rings. The van der Waals surface area contributed by atoms with Gasteiger partial charge in [-0.1, -0.05) is 23.2 Å². The second-order valence-corrected chi connectivity index (χ2v) is 5.61. The van der Waals surface area contributed by atoms with Crippen LogP contribution < -0.4 is 0 Å². The van der Waals surface area contributed by atoms with E-state index >= 15 is 0 Å². The molecular weight excluding hydrogens is 359 g/mol. The second-order valence-electron chi connectivity index (χ2n) is 4.73. The average Bonchev–Trinajstić information content (AvgIpc) is 2.96. The molecule has 0 amide bonds. The predicted octanol–water partition coefficient (Wildman–Crippen LogP) is 3.30. The SMILES string of the molecule is O=C1OC(=O)c2cc(Cl)ccc21.O=C1OC(=O)c2cc(Cl)ccc21. The van der Waals surface area contributed by atoms with Crippen LogP contribution in [0.2, 0.25) is 10.0 Å². The normalized spacial score (nSPS) is 14.4. The summed E-state index contributed by atoms with van der Waals surface area (Å²) in [5, 5.41) is 0.834. The minimum Gasteiger partial charge on any atom is -0.386 e. The number of cyclic esters (lactones) is 4. The summed E-state index contributed by atoms with van der Waals surface area (Å²) in [6, 6.07) is 8.88. The zero-order valence-electron chi connectivity index (χ0n) is 11.7. The Labute approximate surface area is 144 Å². The molecule has 0 atom stereocenters. The van der Waals surface area contributed by atoms with Gasteiger partial charge in [-0.05, 0) is 36.4 Å². The highest BCUT2D eigenvalue weighted by atomic mass is 35.5. The van der Waals surface area contributed by atoms with Crippen molar-refractivity contribution in [2.45, 2.75) is 0 Å². The van der Waals surface area contributed by atoms with Gasteiger partial charge in [0.15, 0.2) is 0 Å². The largest absolute Gasteiger partial charge is 0.386 e. The van der Waals surface area contributed by atoms with Crippen LogP contribution in [0.4, 0.5) is 0 Å². The number of rotatable bonds is 0. The first-order chi connectivity index (χ1) is 11.4. The Morgan fingerprint density at radius 3 is 1.25 bits per heavy atom. The Morgan fingerprint density at radius 1 is 0.542 bits per heavy atom. The van der Waals surface area contributed by atoms with Gasteiger partial charge in [0.05, 0.1) is 22.3 Å². The summed E-state index contributed by atoms with van der Waals surface area (Å²) < 4.78 is 8.70. The summed E-state index contributed by atoms with van der Waals surface area (Å²) in [6.07, 6.45) is 0. The van der Waals surface area contributed by atoms with Gasteiger partial charge in [-0.25, -0.2) is 19.2 Å². The number of hydrogen-bond acceptors (Lipinski definition) is 6. The lowest BCUT2D eigenvalue weighted by atomic mass is 10.1. The summed E-state index contributed by atoms with van der Waals surface area (Å²) in [7, 11) is 0. The lowest BCUT2D eigenvalue weighted by molar-refractivity contribution is 0.0425. The van der Waals surface area contributed by atoms with Gasteiger partial charge in [-0.2, -0.15) is 0 Å². The molecular formula is C16H6Cl2O6. The fraction of sp³-hybridized carbons (Fsp3) is 0. The van der Waals surface area contributed by atoms with E-state index in [4.69, 9.17) is 23.2 Å². The third-order valence-electron chi connectivity index (χ3n) is 3.21. The van der Waals surface area contributed by atoms with E-state index < -0.39 is 23.9 Å². The Bertz CT molecular complexity index is 843. The highest BCUT2D eigenvalue weighted by molar-refractivity contribution is 6.32. The summed E-state index contributed by atoms with van der Waals surface area (Å²) >= 11 is 11.2. The van der Waals surface area contributed by atoms with Crippen molar-refractivity contribution in [1.82, 2.24) is 0 Å². The molecule has 0 unspecified atom stereocenters. The molecule has 0 bridgehead atoms. The standard InChI is InChI=1S/2C8H3ClO3/c2*9-4-1-2-5-6(3-4)8(11)12-7(5)10/h2*1-3H. The Kier molecular flexibility index (Phi) is 4.09.